The topological polar surface area (TPSA) is 97.5 Å². The predicted molar refractivity (Wildman–Crippen MR) is 114 cm³/mol. The molecule has 2 heterocycles. The normalized spacial score (nSPS) is 13.6. The Morgan fingerprint density at radius 2 is 1.96 bits per heavy atom. The molecule has 1 aromatic heterocycles. The van der Waals surface area contributed by atoms with Crippen molar-refractivity contribution < 1.29 is 4.74 Å². The Morgan fingerprint density at radius 3 is 2.71 bits per heavy atom. The highest BCUT2D eigenvalue weighted by molar-refractivity contribution is 7.07. The van der Waals surface area contributed by atoms with Gasteiger partial charge in [-0.1, -0.05) is 0 Å². The number of nitrogens with zero attached hydrogens (tertiary/aromatic N) is 3. The fraction of sp³-hybridized carbons (Fsp3) is 0.250. The number of ether oxygens (including phenoxy) is 1. The van der Waals surface area contributed by atoms with Gasteiger partial charge in [0, 0.05) is 41.6 Å². The monoisotopic (exact) mass is 394 g/mol. The maximum atomic E-state index is 6.01. The number of anilines is 2. The average Bonchev–Trinajstić information content (AvgIpc) is 3.16. The largest absolute Gasteiger partial charge is 0.430 e. The first-order chi connectivity index (χ1) is 13.6. The lowest BCUT2D eigenvalue weighted by molar-refractivity contribution is 0.475. The number of nitrogens with two attached hydrogens (primary N) is 1. The molecule has 4 rings (SSSR count). The molecule has 0 unspecified atom stereocenters. The first-order valence-electron chi connectivity index (χ1n) is 9.12. The van der Waals surface area contributed by atoms with Crippen LogP contribution in [0.5, 0.6) is 10.9 Å². The van der Waals surface area contributed by atoms with E-state index in [-0.39, 0.29) is 0 Å². The van der Waals surface area contributed by atoms with Crippen molar-refractivity contribution >= 4 is 28.9 Å². The van der Waals surface area contributed by atoms with Crippen LogP contribution >= 0.6 is 11.5 Å². The first-order valence-corrected chi connectivity index (χ1v) is 9.90. The molecule has 1 aliphatic heterocycles. The average molecular weight is 395 g/mol. The van der Waals surface area contributed by atoms with Crippen LogP contribution in [0.2, 0.25) is 0 Å². The van der Waals surface area contributed by atoms with E-state index < -0.39 is 0 Å². The zero-order valence-corrected chi connectivity index (χ0v) is 16.6. The first kappa shape index (κ1) is 18.2. The minimum Gasteiger partial charge on any atom is -0.430 e. The van der Waals surface area contributed by atoms with Gasteiger partial charge in [-0.2, -0.15) is 9.36 Å². The number of guanidine groups is 1. The highest BCUT2D eigenvalue weighted by Crippen LogP contribution is 2.32. The van der Waals surface area contributed by atoms with Crippen LogP contribution in [0, 0.1) is 13.8 Å². The number of rotatable bonds is 4. The van der Waals surface area contributed by atoms with Gasteiger partial charge in [0.1, 0.15) is 5.75 Å². The summed E-state index contributed by atoms with van der Waals surface area (Å²) in [6.07, 6.45) is 1.07. The van der Waals surface area contributed by atoms with Crippen molar-refractivity contribution in [1.82, 2.24) is 14.7 Å². The van der Waals surface area contributed by atoms with Gasteiger partial charge in [-0.05, 0) is 67.8 Å². The molecule has 0 saturated heterocycles. The van der Waals surface area contributed by atoms with E-state index >= 15 is 0 Å². The highest BCUT2D eigenvalue weighted by Gasteiger charge is 2.13. The summed E-state index contributed by atoms with van der Waals surface area (Å²) in [6, 6.07) is 11.5. The van der Waals surface area contributed by atoms with E-state index in [2.05, 4.69) is 31.0 Å². The van der Waals surface area contributed by atoms with Gasteiger partial charge in [0.05, 0.1) is 0 Å². The van der Waals surface area contributed by atoms with Crippen LogP contribution in [0.25, 0.3) is 11.4 Å². The molecule has 4 N–H and O–H groups in total. The summed E-state index contributed by atoms with van der Waals surface area (Å²) in [6.45, 7) is 5.84. The lowest BCUT2D eigenvalue weighted by Crippen LogP contribution is -2.35. The van der Waals surface area contributed by atoms with E-state index in [1.54, 1.807) is 0 Å². The van der Waals surface area contributed by atoms with Crippen molar-refractivity contribution in [2.24, 2.45) is 4.99 Å². The third-order valence-corrected chi connectivity index (χ3v) is 5.04. The lowest BCUT2D eigenvalue weighted by Gasteiger charge is -2.18. The van der Waals surface area contributed by atoms with E-state index in [0.717, 1.165) is 53.6 Å². The molecule has 0 aliphatic carbocycles. The number of nitrogen functional groups attached to an aromatic ring is 1. The number of aliphatic imine (C=N–C) groups is 1. The fourth-order valence-electron chi connectivity index (χ4n) is 2.87. The van der Waals surface area contributed by atoms with Crippen LogP contribution in [-0.2, 0) is 0 Å². The summed E-state index contributed by atoms with van der Waals surface area (Å²) in [7, 11) is 0. The summed E-state index contributed by atoms with van der Waals surface area (Å²) in [5.41, 5.74) is 10.4. The minimum atomic E-state index is 0.508. The highest BCUT2D eigenvalue weighted by atomic mass is 32.1. The van der Waals surface area contributed by atoms with Gasteiger partial charge in [0.25, 0.3) is 5.19 Å². The molecular weight excluding hydrogens is 372 g/mol. The molecule has 2 aromatic carbocycles. The third-order valence-electron chi connectivity index (χ3n) is 4.45. The standard InChI is InChI=1S/C20H22N6OS/c1-12-11-17(13(2)10-16(12)24-19-22-8-3-9-23-19)27-20-25-18(26-28-20)14-4-6-15(21)7-5-14/h4-7,10-11H,3,8-9,21H2,1-2H3,(H2,22,23,24). The number of nitrogens with one attached hydrogen (secondary N) is 2. The van der Waals surface area contributed by atoms with E-state index in [0.29, 0.717) is 16.7 Å². The Labute approximate surface area is 167 Å². The molecule has 0 radical (unpaired) electrons. The second kappa shape index (κ2) is 7.85. The summed E-state index contributed by atoms with van der Waals surface area (Å²) in [5, 5.41) is 7.14. The van der Waals surface area contributed by atoms with Crippen molar-refractivity contribution in [3.8, 4) is 22.3 Å². The molecule has 1 aliphatic rings. The number of aryl methyl sites for hydroxylation is 2. The number of aromatic nitrogens is 2. The van der Waals surface area contributed by atoms with Crippen molar-refractivity contribution in [3.05, 3.63) is 47.5 Å². The van der Waals surface area contributed by atoms with Crippen molar-refractivity contribution in [3.63, 3.8) is 0 Å². The number of hydrogen-bond donors (Lipinski definition) is 3. The summed E-state index contributed by atoms with van der Waals surface area (Å²) in [5.74, 6) is 2.22. The smallest absolute Gasteiger partial charge is 0.299 e. The molecule has 3 aromatic rings. The summed E-state index contributed by atoms with van der Waals surface area (Å²) < 4.78 is 10.4. The number of hydrogen-bond acceptors (Lipinski definition) is 8. The maximum absolute atomic E-state index is 6.01. The van der Waals surface area contributed by atoms with E-state index in [1.807, 2.05) is 44.2 Å². The Morgan fingerprint density at radius 1 is 1.14 bits per heavy atom. The van der Waals surface area contributed by atoms with Gasteiger partial charge >= 0.3 is 0 Å². The molecule has 28 heavy (non-hydrogen) atoms. The molecule has 0 saturated carbocycles. The van der Waals surface area contributed by atoms with Crippen LogP contribution < -0.4 is 21.1 Å². The van der Waals surface area contributed by atoms with Gasteiger partial charge in [-0.25, -0.2) is 0 Å². The van der Waals surface area contributed by atoms with Crippen LogP contribution in [0.3, 0.4) is 0 Å². The van der Waals surface area contributed by atoms with Gasteiger partial charge in [-0.3, -0.25) is 4.99 Å². The second-order valence-electron chi connectivity index (χ2n) is 6.68. The Kier molecular flexibility index (Phi) is 5.12. The Balaban J connectivity index is 1.51. The second-order valence-corrected chi connectivity index (χ2v) is 7.39. The molecule has 0 fully saturated rings. The van der Waals surface area contributed by atoms with Gasteiger partial charge in [-0.15, -0.1) is 0 Å². The summed E-state index contributed by atoms with van der Waals surface area (Å²) in [4.78, 5) is 8.95. The van der Waals surface area contributed by atoms with Crippen molar-refractivity contribution in [2.45, 2.75) is 20.3 Å². The van der Waals surface area contributed by atoms with E-state index in [4.69, 9.17) is 10.5 Å². The van der Waals surface area contributed by atoms with Crippen molar-refractivity contribution in [1.29, 1.82) is 0 Å². The minimum absolute atomic E-state index is 0.508. The maximum Gasteiger partial charge on any atom is 0.299 e. The van der Waals surface area contributed by atoms with Crippen LogP contribution in [0.4, 0.5) is 11.4 Å². The SMILES string of the molecule is Cc1cc(Oc2nc(-c3ccc(N)cc3)ns2)c(C)cc1NC1=NCCCN1. The molecule has 0 amide bonds. The number of benzene rings is 2. The van der Waals surface area contributed by atoms with E-state index in [9.17, 15) is 0 Å². The van der Waals surface area contributed by atoms with Crippen molar-refractivity contribution in [2.75, 3.05) is 24.1 Å². The van der Waals surface area contributed by atoms with Gasteiger partial charge in [0.15, 0.2) is 11.8 Å². The summed E-state index contributed by atoms with van der Waals surface area (Å²) >= 11 is 1.23. The predicted octanol–water partition coefficient (Wildman–Crippen LogP) is 3.96. The quantitative estimate of drug-likeness (QED) is 0.580. The van der Waals surface area contributed by atoms with Gasteiger partial charge in [0.2, 0.25) is 0 Å². The fourth-order valence-corrected chi connectivity index (χ4v) is 3.44. The Hall–Kier alpha value is -3.13. The van der Waals surface area contributed by atoms with Gasteiger partial charge < -0.3 is 21.1 Å². The molecule has 8 heteroatoms. The molecule has 0 bridgehead atoms. The van der Waals surface area contributed by atoms with Crippen LogP contribution in [0.1, 0.15) is 17.5 Å². The van der Waals surface area contributed by atoms with Crippen LogP contribution in [-0.4, -0.2) is 28.4 Å². The Bertz CT molecular complexity index is 1010. The van der Waals surface area contributed by atoms with E-state index in [1.165, 1.54) is 11.5 Å². The lowest BCUT2D eigenvalue weighted by atomic mass is 10.1. The molecule has 0 spiro atoms. The molecular formula is C20H22N6OS. The van der Waals surface area contributed by atoms with Crippen LogP contribution in [0.15, 0.2) is 41.4 Å². The zero-order chi connectivity index (χ0) is 19.5. The third kappa shape index (κ3) is 4.07. The molecule has 7 nitrogen and oxygen atoms in total. The molecule has 0 atom stereocenters. The molecule has 144 valence electrons. The zero-order valence-electron chi connectivity index (χ0n) is 15.8.